The van der Waals surface area contributed by atoms with Gasteiger partial charge in [-0.3, -0.25) is 4.99 Å². The lowest BCUT2D eigenvalue weighted by molar-refractivity contribution is 0.697. The Labute approximate surface area is 131 Å². The maximum atomic E-state index is 4.21. The summed E-state index contributed by atoms with van der Waals surface area (Å²) in [6, 6.07) is 4.50. The van der Waals surface area contributed by atoms with E-state index in [1.165, 1.54) is 4.88 Å². The number of hydrogen-bond acceptors (Lipinski definition) is 2. The summed E-state index contributed by atoms with van der Waals surface area (Å²) in [5.41, 5.74) is 0. The maximum Gasteiger partial charge on any atom is 0.191 e. The Morgan fingerprint density at radius 1 is 1.56 bits per heavy atom. The van der Waals surface area contributed by atoms with E-state index in [0.717, 1.165) is 18.9 Å². The van der Waals surface area contributed by atoms with E-state index >= 15 is 0 Å². The summed E-state index contributed by atoms with van der Waals surface area (Å²) < 4.78 is 0. The lowest BCUT2D eigenvalue weighted by Crippen LogP contribution is -2.38. The Balaban J connectivity index is 0.00000289. The Morgan fingerprint density at radius 3 is 2.89 bits per heavy atom. The zero-order valence-corrected chi connectivity index (χ0v) is 14.3. The molecule has 0 saturated heterocycles. The van der Waals surface area contributed by atoms with Crippen molar-refractivity contribution in [2.45, 2.75) is 26.3 Å². The second-order valence-corrected chi connectivity index (χ2v) is 4.72. The fourth-order valence-electron chi connectivity index (χ4n) is 1.45. The van der Waals surface area contributed by atoms with Gasteiger partial charge in [-0.15, -0.1) is 35.3 Å². The van der Waals surface area contributed by atoms with E-state index in [9.17, 15) is 0 Å². The van der Waals surface area contributed by atoms with Crippen molar-refractivity contribution in [3.8, 4) is 0 Å². The molecule has 1 aromatic heterocycles. The standard InChI is InChI=1S/C13H21N3S.HI/c1-4-5-6-9-15-13(14-3)16-11(2)12-8-7-10-17-12;/h4-5,7-8,10-11H,6,9H2,1-3H3,(H2,14,15,16);1H/b5-4+;. The number of hydrogen-bond donors (Lipinski definition) is 2. The van der Waals surface area contributed by atoms with Crippen LogP contribution >= 0.6 is 35.3 Å². The lowest BCUT2D eigenvalue weighted by Gasteiger charge is -2.16. The summed E-state index contributed by atoms with van der Waals surface area (Å²) in [6.45, 7) is 5.08. The van der Waals surface area contributed by atoms with Crippen LogP contribution in [0.5, 0.6) is 0 Å². The van der Waals surface area contributed by atoms with Gasteiger partial charge in [0.25, 0.3) is 0 Å². The third-order valence-electron chi connectivity index (χ3n) is 2.39. The second kappa shape index (κ2) is 10.4. The van der Waals surface area contributed by atoms with E-state index < -0.39 is 0 Å². The van der Waals surface area contributed by atoms with Crippen LogP contribution in [-0.4, -0.2) is 19.6 Å². The monoisotopic (exact) mass is 379 g/mol. The molecule has 0 fully saturated rings. The molecular weight excluding hydrogens is 357 g/mol. The summed E-state index contributed by atoms with van der Waals surface area (Å²) in [6.07, 6.45) is 5.22. The smallest absolute Gasteiger partial charge is 0.191 e. The number of rotatable bonds is 5. The average Bonchev–Trinajstić information content (AvgIpc) is 2.86. The van der Waals surface area contributed by atoms with Crippen LogP contribution < -0.4 is 10.6 Å². The van der Waals surface area contributed by atoms with Crippen LogP contribution in [0, 0.1) is 0 Å². The van der Waals surface area contributed by atoms with Gasteiger partial charge in [0.2, 0.25) is 0 Å². The first-order valence-electron chi connectivity index (χ1n) is 5.89. The zero-order valence-electron chi connectivity index (χ0n) is 11.1. The highest BCUT2D eigenvalue weighted by atomic mass is 127. The fourth-order valence-corrected chi connectivity index (χ4v) is 2.18. The van der Waals surface area contributed by atoms with Gasteiger partial charge in [-0.25, -0.2) is 0 Å². The molecule has 2 N–H and O–H groups in total. The topological polar surface area (TPSA) is 36.4 Å². The average molecular weight is 379 g/mol. The predicted octanol–water partition coefficient (Wildman–Crippen LogP) is 3.56. The van der Waals surface area contributed by atoms with Gasteiger partial charge in [-0.05, 0) is 31.7 Å². The molecule has 18 heavy (non-hydrogen) atoms. The van der Waals surface area contributed by atoms with E-state index in [4.69, 9.17) is 0 Å². The summed E-state index contributed by atoms with van der Waals surface area (Å²) in [5.74, 6) is 0.857. The van der Waals surface area contributed by atoms with Gasteiger partial charge in [-0.2, -0.15) is 0 Å². The number of nitrogens with one attached hydrogen (secondary N) is 2. The molecule has 0 saturated carbocycles. The van der Waals surface area contributed by atoms with Crippen molar-refractivity contribution in [3.05, 3.63) is 34.5 Å². The normalized spacial score (nSPS) is 13.2. The van der Waals surface area contributed by atoms with Crippen molar-refractivity contribution >= 4 is 41.3 Å². The first kappa shape index (κ1) is 17.4. The highest BCUT2D eigenvalue weighted by Crippen LogP contribution is 2.17. The van der Waals surface area contributed by atoms with Gasteiger partial charge in [0.1, 0.15) is 0 Å². The van der Waals surface area contributed by atoms with Gasteiger partial charge in [0.15, 0.2) is 5.96 Å². The highest BCUT2D eigenvalue weighted by Gasteiger charge is 2.07. The van der Waals surface area contributed by atoms with Crippen molar-refractivity contribution < 1.29 is 0 Å². The molecule has 5 heteroatoms. The number of guanidine groups is 1. The summed E-state index contributed by atoms with van der Waals surface area (Å²) >= 11 is 1.76. The van der Waals surface area contributed by atoms with Crippen molar-refractivity contribution in [2.24, 2.45) is 4.99 Å². The molecule has 0 radical (unpaired) electrons. The van der Waals surface area contributed by atoms with Crippen LogP contribution in [0.15, 0.2) is 34.7 Å². The first-order chi connectivity index (χ1) is 8.27. The molecule has 102 valence electrons. The summed E-state index contributed by atoms with van der Waals surface area (Å²) in [7, 11) is 1.80. The predicted molar refractivity (Wildman–Crippen MR) is 92.1 cm³/mol. The minimum Gasteiger partial charge on any atom is -0.356 e. The maximum absolute atomic E-state index is 4.21. The molecule has 0 bridgehead atoms. The van der Waals surface area contributed by atoms with Crippen LogP contribution in [0.25, 0.3) is 0 Å². The van der Waals surface area contributed by atoms with Gasteiger partial charge in [-0.1, -0.05) is 18.2 Å². The Hall–Kier alpha value is -0.560. The SMILES string of the molecule is C/C=C/CCNC(=NC)NC(C)c1cccs1.I. The third kappa shape index (κ3) is 6.39. The zero-order chi connectivity index (χ0) is 12.5. The number of halogens is 1. The molecule has 1 heterocycles. The number of aliphatic imine (C=N–C) groups is 1. The van der Waals surface area contributed by atoms with E-state index in [1.54, 1.807) is 18.4 Å². The molecule has 0 aliphatic heterocycles. The Morgan fingerprint density at radius 2 is 2.33 bits per heavy atom. The largest absolute Gasteiger partial charge is 0.356 e. The molecule has 1 unspecified atom stereocenters. The van der Waals surface area contributed by atoms with Crippen molar-refractivity contribution in [3.63, 3.8) is 0 Å². The number of nitrogens with zero attached hydrogens (tertiary/aromatic N) is 1. The molecular formula is C13H22IN3S. The van der Waals surface area contributed by atoms with Crippen LogP contribution in [0.3, 0.4) is 0 Å². The fraction of sp³-hybridized carbons (Fsp3) is 0.462. The van der Waals surface area contributed by atoms with Crippen LogP contribution in [0.2, 0.25) is 0 Å². The van der Waals surface area contributed by atoms with Gasteiger partial charge < -0.3 is 10.6 Å². The molecule has 0 aromatic carbocycles. The van der Waals surface area contributed by atoms with Gasteiger partial charge in [0, 0.05) is 18.5 Å². The van der Waals surface area contributed by atoms with Gasteiger partial charge >= 0.3 is 0 Å². The van der Waals surface area contributed by atoms with E-state index in [1.807, 2.05) is 6.92 Å². The van der Waals surface area contributed by atoms with Crippen LogP contribution in [0.1, 0.15) is 31.2 Å². The van der Waals surface area contributed by atoms with E-state index in [2.05, 4.69) is 52.2 Å². The van der Waals surface area contributed by atoms with E-state index in [0.29, 0.717) is 6.04 Å². The minimum absolute atomic E-state index is 0. The van der Waals surface area contributed by atoms with Gasteiger partial charge in [0.05, 0.1) is 6.04 Å². The molecule has 0 aliphatic carbocycles. The molecule has 1 atom stereocenters. The van der Waals surface area contributed by atoms with E-state index in [-0.39, 0.29) is 24.0 Å². The highest BCUT2D eigenvalue weighted by molar-refractivity contribution is 14.0. The molecule has 0 amide bonds. The molecule has 0 spiro atoms. The Kier molecular flexibility index (Phi) is 10.0. The molecule has 3 nitrogen and oxygen atoms in total. The lowest BCUT2D eigenvalue weighted by atomic mass is 10.3. The number of allylic oxidation sites excluding steroid dienone is 1. The quantitative estimate of drug-likeness (QED) is 0.270. The Bertz CT molecular complexity index is 360. The number of thiophene rings is 1. The van der Waals surface area contributed by atoms with Crippen molar-refractivity contribution in [2.75, 3.05) is 13.6 Å². The molecule has 1 aromatic rings. The van der Waals surface area contributed by atoms with Crippen molar-refractivity contribution in [1.82, 2.24) is 10.6 Å². The first-order valence-corrected chi connectivity index (χ1v) is 6.77. The van der Waals surface area contributed by atoms with Crippen LogP contribution in [-0.2, 0) is 0 Å². The minimum atomic E-state index is 0. The van der Waals surface area contributed by atoms with Crippen molar-refractivity contribution in [1.29, 1.82) is 0 Å². The third-order valence-corrected chi connectivity index (χ3v) is 3.44. The second-order valence-electron chi connectivity index (χ2n) is 3.74. The van der Waals surface area contributed by atoms with Crippen LogP contribution in [0.4, 0.5) is 0 Å². The summed E-state index contributed by atoms with van der Waals surface area (Å²) in [5, 5.41) is 8.75. The molecule has 0 aliphatic rings. The molecule has 1 rings (SSSR count). The summed E-state index contributed by atoms with van der Waals surface area (Å²) in [4.78, 5) is 5.53.